The molecule has 1 saturated carbocycles. The number of aromatic nitrogens is 2. The number of carbonyl (C=O) groups is 2. The largest absolute Gasteiger partial charge is 0.493 e. The average molecular weight is 629 g/mol. The molecule has 2 atom stereocenters. The number of nitrogens with zero attached hydrogens (tertiary/aromatic N) is 3. The number of nitrogens with one attached hydrogen (secondary N) is 1. The molecule has 2 N–H and O–H groups in total. The SMILES string of the molecule is Cc1cccc(OCCCC(=O)N2CC3CC3c3c(-c4cnn(Cc5cccc(C(=O)NCS(=O)(=O)O)c5)c4)cccc32)c1C. The van der Waals surface area contributed by atoms with E-state index in [4.69, 9.17) is 9.29 Å². The van der Waals surface area contributed by atoms with Gasteiger partial charge in [-0.05, 0) is 90.6 Å². The number of ether oxygens (including phenoxy) is 1. The van der Waals surface area contributed by atoms with E-state index in [1.54, 1.807) is 22.9 Å². The second-order valence-electron chi connectivity index (χ2n) is 11.9. The zero-order chi connectivity index (χ0) is 31.7. The van der Waals surface area contributed by atoms with E-state index in [-0.39, 0.29) is 11.5 Å². The summed E-state index contributed by atoms with van der Waals surface area (Å²) in [5.74, 6) is 0.406. The van der Waals surface area contributed by atoms with Crippen molar-refractivity contribution in [2.75, 3.05) is 23.9 Å². The summed E-state index contributed by atoms with van der Waals surface area (Å²) in [6.07, 6.45) is 5.90. The minimum Gasteiger partial charge on any atom is -0.493 e. The zero-order valence-electron chi connectivity index (χ0n) is 25.3. The monoisotopic (exact) mass is 628 g/mol. The Bertz CT molecular complexity index is 1870. The molecule has 4 aromatic rings. The highest BCUT2D eigenvalue weighted by Gasteiger charge is 2.47. The maximum atomic E-state index is 13.5. The summed E-state index contributed by atoms with van der Waals surface area (Å²) < 4.78 is 38.6. The Labute approximate surface area is 262 Å². The molecule has 0 bridgehead atoms. The Morgan fingerprint density at radius 2 is 1.89 bits per heavy atom. The van der Waals surface area contributed by atoms with E-state index in [0.29, 0.717) is 37.8 Å². The van der Waals surface area contributed by atoms with Crippen LogP contribution in [0.1, 0.15) is 57.8 Å². The van der Waals surface area contributed by atoms with Gasteiger partial charge in [0.2, 0.25) is 5.91 Å². The predicted molar refractivity (Wildman–Crippen MR) is 171 cm³/mol. The highest BCUT2D eigenvalue weighted by molar-refractivity contribution is 7.85. The summed E-state index contributed by atoms with van der Waals surface area (Å²) in [7, 11) is -4.32. The lowest BCUT2D eigenvalue weighted by atomic mass is 9.92. The first-order valence-corrected chi connectivity index (χ1v) is 16.7. The maximum Gasteiger partial charge on any atom is 0.283 e. The average Bonchev–Trinajstić information content (AvgIpc) is 3.67. The summed E-state index contributed by atoms with van der Waals surface area (Å²) >= 11 is 0. The molecule has 2 amide bonds. The third-order valence-electron chi connectivity index (χ3n) is 8.63. The van der Waals surface area contributed by atoms with Crippen LogP contribution in [-0.2, 0) is 21.5 Å². The minimum absolute atomic E-state index is 0.111. The molecule has 11 heteroatoms. The fourth-order valence-corrected chi connectivity index (χ4v) is 6.38. The number of aryl methyl sites for hydroxylation is 1. The van der Waals surface area contributed by atoms with E-state index in [2.05, 4.69) is 29.5 Å². The van der Waals surface area contributed by atoms with Crippen molar-refractivity contribution in [2.45, 2.75) is 45.6 Å². The second-order valence-corrected chi connectivity index (χ2v) is 13.3. The molecular formula is C34H36N4O6S. The molecule has 0 saturated heterocycles. The number of anilines is 1. The van der Waals surface area contributed by atoms with Crippen molar-refractivity contribution in [1.29, 1.82) is 0 Å². The minimum atomic E-state index is -4.32. The molecule has 2 aliphatic rings. The van der Waals surface area contributed by atoms with Gasteiger partial charge in [0, 0.05) is 36.0 Å². The van der Waals surface area contributed by atoms with Crippen LogP contribution in [0.25, 0.3) is 11.1 Å². The van der Waals surface area contributed by atoms with Crippen molar-refractivity contribution in [2.24, 2.45) is 5.92 Å². The maximum absolute atomic E-state index is 13.5. The Hall–Kier alpha value is -4.48. The molecular weight excluding hydrogens is 592 g/mol. The highest BCUT2D eigenvalue weighted by Crippen LogP contribution is 2.57. The predicted octanol–water partition coefficient (Wildman–Crippen LogP) is 5.10. The molecule has 1 fully saturated rings. The zero-order valence-corrected chi connectivity index (χ0v) is 26.1. The lowest BCUT2D eigenvalue weighted by molar-refractivity contribution is -0.119. The van der Waals surface area contributed by atoms with Crippen LogP contribution in [0.3, 0.4) is 0 Å². The number of benzene rings is 3. The Balaban J connectivity index is 1.13. The Morgan fingerprint density at radius 1 is 1.09 bits per heavy atom. The molecule has 45 heavy (non-hydrogen) atoms. The first-order chi connectivity index (χ1) is 21.6. The van der Waals surface area contributed by atoms with Crippen LogP contribution < -0.4 is 15.0 Å². The van der Waals surface area contributed by atoms with Gasteiger partial charge in [0.15, 0.2) is 0 Å². The fraction of sp³-hybridized carbons (Fsp3) is 0.324. The third kappa shape index (κ3) is 6.94. The number of hydrogen-bond donors (Lipinski definition) is 2. The number of rotatable bonds is 11. The normalized spacial score (nSPS) is 16.9. The van der Waals surface area contributed by atoms with Gasteiger partial charge in [-0.15, -0.1) is 0 Å². The summed E-state index contributed by atoms with van der Waals surface area (Å²) in [5, 5.41) is 6.76. The molecule has 1 aliphatic heterocycles. The fourth-order valence-electron chi connectivity index (χ4n) is 6.07. The van der Waals surface area contributed by atoms with Crippen molar-refractivity contribution in [3.05, 3.63) is 101 Å². The highest BCUT2D eigenvalue weighted by atomic mass is 32.2. The van der Waals surface area contributed by atoms with E-state index in [0.717, 1.165) is 46.7 Å². The van der Waals surface area contributed by atoms with Gasteiger partial charge in [0.1, 0.15) is 11.6 Å². The number of fused-ring (bicyclic) bond motifs is 3. The van der Waals surface area contributed by atoms with Crippen LogP contribution in [0.4, 0.5) is 5.69 Å². The van der Waals surface area contributed by atoms with Crippen LogP contribution in [0.15, 0.2) is 73.1 Å². The molecule has 0 spiro atoms. The van der Waals surface area contributed by atoms with Gasteiger partial charge in [0.05, 0.1) is 19.3 Å². The first kappa shape index (κ1) is 30.5. The molecule has 2 heterocycles. The van der Waals surface area contributed by atoms with E-state index in [1.807, 2.05) is 54.5 Å². The Kier molecular flexibility index (Phi) is 8.48. The van der Waals surface area contributed by atoms with E-state index < -0.39 is 21.9 Å². The van der Waals surface area contributed by atoms with E-state index >= 15 is 0 Å². The summed E-state index contributed by atoms with van der Waals surface area (Å²) in [6.45, 7) is 5.73. The standard InChI is InChI=1S/C34H36N4O6S/c1-22-7-3-12-31(23(22)2)44-14-6-13-32(39)38-20-26-16-29(26)33-28(10-5-11-30(33)38)27-17-36-37(19-27)18-24-8-4-9-25(15-24)34(40)35-21-45(41,42)43/h3-5,7-12,15,17,19,26,29H,6,13-14,16,18,20-21H2,1-2H3,(H,35,40)(H,41,42,43). The smallest absolute Gasteiger partial charge is 0.283 e. The number of amides is 2. The summed E-state index contributed by atoms with van der Waals surface area (Å²) in [6, 6.07) is 18.9. The molecule has 6 rings (SSSR count). The van der Waals surface area contributed by atoms with Crippen LogP contribution in [0.2, 0.25) is 0 Å². The molecule has 1 aromatic heterocycles. The van der Waals surface area contributed by atoms with Crippen molar-refractivity contribution >= 4 is 27.6 Å². The van der Waals surface area contributed by atoms with Crippen LogP contribution >= 0.6 is 0 Å². The molecule has 0 radical (unpaired) electrons. The van der Waals surface area contributed by atoms with Crippen molar-refractivity contribution in [3.8, 4) is 16.9 Å². The number of carbonyl (C=O) groups excluding carboxylic acids is 2. The molecule has 2 unspecified atom stereocenters. The van der Waals surface area contributed by atoms with Crippen LogP contribution in [0.5, 0.6) is 5.75 Å². The molecule has 10 nitrogen and oxygen atoms in total. The topological polar surface area (TPSA) is 131 Å². The van der Waals surface area contributed by atoms with Gasteiger partial charge < -0.3 is 15.0 Å². The van der Waals surface area contributed by atoms with Crippen LogP contribution in [-0.4, -0.2) is 53.6 Å². The van der Waals surface area contributed by atoms with Gasteiger partial charge in [-0.2, -0.15) is 13.5 Å². The van der Waals surface area contributed by atoms with Gasteiger partial charge >= 0.3 is 0 Å². The van der Waals surface area contributed by atoms with Gasteiger partial charge in [0.25, 0.3) is 16.0 Å². The quantitative estimate of drug-likeness (QED) is 0.175. The van der Waals surface area contributed by atoms with Gasteiger partial charge in [-0.3, -0.25) is 18.8 Å². The molecule has 234 valence electrons. The van der Waals surface area contributed by atoms with Crippen molar-refractivity contribution in [1.82, 2.24) is 15.1 Å². The number of hydrogen-bond acceptors (Lipinski definition) is 6. The Morgan fingerprint density at radius 3 is 2.71 bits per heavy atom. The third-order valence-corrected chi connectivity index (χ3v) is 9.14. The van der Waals surface area contributed by atoms with Gasteiger partial charge in [-0.1, -0.05) is 36.4 Å². The molecule has 3 aromatic carbocycles. The second kappa shape index (κ2) is 12.5. The first-order valence-electron chi connectivity index (χ1n) is 15.0. The lowest BCUT2D eigenvalue weighted by Crippen LogP contribution is -2.36. The lowest BCUT2D eigenvalue weighted by Gasteiger charge is -2.30. The van der Waals surface area contributed by atoms with Crippen molar-refractivity contribution in [3.63, 3.8) is 0 Å². The summed E-state index contributed by atoms with van der Waals surface area (Å²) in [5.41, 5.74) is 7.59. The van der Waals surface area contributed by atoms with Gasteiger partial charge in [-0.25, -0.2) is 0 Å². The van der Waals surface area contributed by atoms with Crippen molar-refractivity contribution < 1.29 is 27.3 Å². The summed E-state index contributed by atoms with van der Waals surface area (Å²) in [4.78, 5) is 27.8. The molecule has 1 aliphatic carbocycles. The van der Waals surface area contributed by atoms with Crippen LogP contribution in [0, 0.1) is 19.8 Å². The van der Waals surface area contributed by atoms with E-state index in [1.165, 1.54) is 11.1 Å². The van der Waals surface area contributed by atoms with E-state index in [9.17, 15) is 18.0 Å².